The Balaban J connectivity index is 1.66. The van der Waals surface area contributed by atoms with Crippen LogP contribution in [0.3, 0.4) is 0 Å². The number of ether oxygens (including phenoxy) is 2. The van der Waals surface area contributed by atoms with Gasteiger partial charge in [-0.3, -0.25) is 9.59 Å². The van der Waals surface area contributed by atoms with E-state index in [1.54, 1.807) is 42.5 Å². The summed E-state index contributed by atoms with van der Waals surface area (Å²) in [6, 6.07) is 12.0. The van der Waals surface area contributed by atoms with Crippen LogP contribution in [0.4, 0.5) is 0 Å². The Kier molecular flexibility index (Phi) is 5.52. The molecule has 3 aromatic rings. The van der Waals surface area contributed by atoms with Gasteiger partial charge < -0.3 is 23.9 Å². The third kappa shape index (κ3) is 3.83. The van der Waals surface area contributed by atoms with E-state index in [4.69, 9.17) is 37.1 Å². The van der Waals surface area contributed by atoms with Crippen molar-refractivity contribution in [2.75, 3.05) is 13.2 Å². The molecule has 1 aromatic heterocycles. The molecule has 2 aliphatic rings. The molecule has 7 nitrogen and oxygen atoms in total. The molecule has 5 rings (SSSR count). The van der Waals surface area contributed by atoms with E-state index in [9.17, 15) is 14.7 Å². The Morgan fingerprint density at radius 2 is 1.82 bits per heavy atom. The number of amides is 1. The lowest BCUT2D eigenvalue weighted by Gasteiger charge is -2.25. The maximum atomic E-state index is 13.1. The van der Waals surface area contributed by atoms with Crippen molar-refractivity contribution in [1.82, 2.24) is 4.90 Å². The average molecular weight is 486 g/mol. The van der Waals surface area contributed by atoms with Gasteiger partial charge in [0.05, 0.1) is 24.4 Å². The van der Waals surface area contributed by atoms with E-state index in [2.05, 4.69) is 0 Å². The summed E-state index contributed by atoms with van der Waals surface area (Å²) in [7, 11) is 0. The van der Waals surface area contributed by atoms with Crippen LogP contribution >= 0.6 is 23.2 Å². The molecule has 0 unspecified atom stereocenters. The number of halogens is 2. The molecule has 3 heterocycles. The SMILES string of the molecule is O=C1C(=O)N(Cc2ccco2)[C@H](c2ccc(Cl)cc2Cl)C1=C(O)c1ccc2c(c1)OCCO2. The monoisotopic (exact) mass is 485 g/mol. The molecule has 1 amide bonds. The minimum Gasteiger partial charge on any atom is -0.507 e. The fraction of sp³-hybridized carbons (Fsp3) is 0.167. The standard InChI is InChI=1S/C24H17Cl2NO6/c25-14-4-5-16(17(26)11-14)21-20(23(29)24(30)27(21)12-15-2-1-7-31-15)22(28)13-3-6-18-19(10-13)33-9-8-32-18/h1-7,10-11,21,28H,8-9,12H2/t21-/m1/s1. The highest BCUT2D eigenvalue weighted by Gasteiger charge is 2.47. The number of carbonyl (C=O) groups excluding carboxylic acids is 2. The van der Waals surface area contributed by atoms with E-state index in [1.165, 1.54) is 17.2 Å². The third-order valence-electron chi connectivity index (χ3n) is 5.52. The molecular formula is C24H17Cl2NO6. The summed E-state index contributed by atoms with van der Waals surface area (Å²) in [6.45, 7) is 0.801. The minimum absolute atomic E-state index is 0.0130. The van der Waals surface area contributed by atoms with E-state index in [1.807, 2.05) is 0 Å². The molecule has 33 heavy (non-hydrogen) atoms. The number of furan rings is 1. The number of carbonyl (C=O) groups is 2. The number of Topliss-reactive ketones (excluding diaryl/α,β-unsaturated/α-hetero) is 1. The number of benzene rings is 2. The van der Waals surface area contributed by atoms with Crippen molar-refractivity contribution in [3.05, 3.63) is 87.3 Å². The second kappa shape index (κ2) is 8.50. The molecule has 168 valence electrons. The van der Waals surface area contributed by atoms with Gasteiger partial charge in [-0.1, -0.05) is 29.3 Å². The lowest BCUT2D eigenvalue weighted by molar-refractivity contribution is -0.140. The first-order valence-electron chi connectivity index (χ1n) is 10.1. The molecule has 0 bridgehead atoms. The van der Waals surface area contributed by atoms with E-state index in [-0.39, 0.29) is 22.9 Å². The zero-order valence-electron chi connectivity index (χ0n) is 17.1. The molecule has 0 aliphatic carbocycles. The average Bonchev–Trinajstić information content (AvgIpc) is 3.41. The second-order valence-corrected chi connectivity index (χ2v) is 8.37. The second-order valence-electron chi connectivity index (χ2n) is 7.53. The predicted molar refractivity (Wildman–Crippen MR) is 120 cm³/mol. The third-order valence-corrected chi connectivity index (χ3v) is 6.08. The lowest BCUT2D eigenvalue weighted by Crippen LogP contribution is -2.29. The van der Waals surface area contributed by atoms with Crippen LogP contribution in [-0.4, -0.2) is 34.9 Å². The number of hydrogen-bond donors (Lipinski definition) is 1. The topological polar surface area (TPSA) is 89.2 Å². The van der Waals surface area contributed by atoms with Gasteiger partial charge >= 0.3 is 0 Å². The largest absolute Gasteiger partial charge is 0.507 e. The summed E-state index contributed by atoms with van der Waals surface area (Å²) >= 11 is 12.5. The van der Waals surface area contributed by atoms with Crippen LogP contribution < -0.4 is 9.47 Å². The van der Waals surface area contributed by atoms with Gasteiger partial charge in [-0.05, 0) is 48.0 Å². The number of nitrogens with zero attached hydrogens (tertiary/aromatic N) is 1. The van der Waals surface area contributed by atoms with E-state index in [0.717, 1.165) is 0 Å². The highest BCUT2D eigenvalue weighted by Crippen LogP contribution is 2.44. The first kappa shape index (κ1) is 21.4. The van der Waals surface area contributed by atoms with Gasteiger partial charge in [0.1, 0.15) is 24.7 Å². The first-order valence-corrected chi connectivity index (χ1v) is 10.9. The normalized spacial score (nSPS) is 19.2. The van der Waals surface area contributed by atoms with E-state index < -0.39 is 17.7 Å². The summed E-state index contributed by atoms with van der Waals surface area (Å²) in [4.78, 5) is 27.5. The Bertz CT molecular complexity index is 1280. The fourth-order valence-corrected chi connectivity index (χ4v) is 4.52. The van der Waals surface area contributed by atoms with Crippen LogP contribution in [0.5, 0.6) is 11.5 Å². The smallest absolute Gasteiger partial charge is 0.296 e. The quantitative estimate of drug-likeness (QED) is 0.318. The zero-order valence-corrected chi connectivity index (χ0v) is 18.6. The van der Waals surface area contributed by atoms with Crippen molar-refractivity contribution >= 4 is 40.7 Å². The summed E-state index contributed by atoms with van der Waals surface area (Å²) in [6.07, 6.45) is 1.48. The Morgan fingerprint density at radius 3 is 2.55 bits per heavy atom. The van der Waals surface area contributed by atoms with Crippen molar-refractivity contribution in [2.45, 2.75) is 12.6 Å². The van der Waals surface area contributed by atoms with Gasteiger partial charge in [0.2, 0.25) is 0 Å². The Morgan fingerprint density at radius 1 is 1.03 bits per heavy atom. The van der Waals surface area contributed by atoms with Crippen molar-refractivity contribution in [2.24, 2.45) is 0 Å². The molecule has 2 aromatic carbocycles. The van der Waals surface area contributed by atoms with Gasteiger partial charge in [-0.2, -0.15) is 0 Å². The van der Waals surface area contributed by atoms with Crippen molar-refractivity contribution in [3.63, 3.8) is 0 Å². The number of aliphatic hydroxyl groups is 1. The number of ketones is 1. The minimum atomic E-state index is -0.951. The molecule has 1 atom stereocenters. The van der Waals surface area contributed by atoms with Crippen molar-refractivity contribution in [1.29, 1.82) is 0 Å². The van der Waals surface area contributed by atoms with E-state index in [0.29, 0.717) is 46.6 Å². The summed E-state index contributed by atoms with van der Waals surface area (Å²) in [5.41, 5.74) is 0.670. The van der Waals surface area contributed by atoms with Gasteiger partial charge in [0.15, 0.2) is 11.5 Å². The Hall–Kier alpha value is -3.42. The molecule has 0 spiro atoms. The van der Waals surface area contributed by atoms with Gasteiger partial charge in [-0.15, -0.1) is 0 Å². The summed E-state index contributed by atoms with van der Waals surface area (Å²) in [5.74, 6) is -0.495. The number of fused-ring (bicyclic) bond motifs is 1. The van der Waals surface area contributed by atoms with Gasteiger partial charge in [0, 0.05) is 15.6 Å². The number of rotatable bonds is 4. The molecule has 2 aliphatic heterocycles. The maximum absolute atomic E-state index is 13.1. The molecule has 1 N–H and O–H groups in total. The molecule has 1 saturated heterocycles. The van der Waals surface area contributed by atoms with Crippen LogP contribution in [0, 0.1) is 0 Å². The van der Waals surface area contributed by atoms with Crippen LogP contribution in [-0.2, 0) is 16.1 Å². The van der Waals surface area contributed by atoms with Crippen molar-refractivity contribution < 1.29 is 28.6 Å². The highest BCUT2D eigenvalue weighted by molar-refractivity contribution is 6.47. The van der Waals surface area contributed by atoms with E-state index >= 15 is 0 Å². The van der Waals surface area contributed by atoms with Crippen molar-refractivity contribution in [3.8, 4) is 11.5 Å². The summed E-state index contributed by atoms with van der Waals surface area (Å²) in [5, 5.41) is 11.9. The number of aliphatic hydroxyl groups excluding tert-OH is 1. The number of likely N-dealkylation sites (tertiary alicyclic amines) is 1. The molecule has 1 fully saturated rings. The molecular weight excluding hydrogens is 469 g/mol. The van der Waals surface area contributed by atoms with Gasteiger partial charge in [-0.25, -0.2) is 0 Å². The van der Waals surface area contributed by atoms with Crippen LogP contribution in [0.25, 0.3) is 5.76 Å². The Labute approximate surface area is 198 Å². The number of hydrogen-bond acceptors (Lipinski definition) is 6. The first-order chi connectivity index (χ1) is 15.9. The summed E-state index contributed by atoms with van der Waals surface area (Å²) < 4.78 is 16.5. The molecule has 9 heteroatoms. The predicted octanol–water partition coefficient (Wildman–Crippen LogP) is 4.98. The maximum Gasteiger partial charge on any atom is 0.296 e. The fourth-order valence-electron chi connectivity index (χ4n) is 4.01. The lowest BCUT2D eigenvalue weighted by atomic mass is 9.95. The highest BCUT2D eigenvalue weighted by atomic mass is 35.5. The molecule has 0 radical (unpaired) electrons. The van der Waals surface area contributed by atoms with Gasteiger partial charge in [0.25, 0.3) is 11.7 Å². The zero-order chi connectivity index (χ0) is 23.1. The molecule has 0 saturated carbocycles. The van der Waals surface area contributed by atoms with Crippen LogP contribution in [0.1, 0.15) is 22.9 Å². The van der Waals surface area contributed by atoms with Crippen LogP contribution in [0.15, 0.2) is 64.8 Å². The van der Waals surface area contributed by atoms with Crippen LogP contribution in [0.2, 0.25) is 10.0 Å².